The van der Waals surface area contributed by atoms with Crippen LogP contribution in [0, 0.1) is 58.2 Å². The van der Waals surface area contributed by atoms with Crippen molar-refractivity contribution < 1.29 is 43.9 Å². The summed E-state index contributed by atoms with van der Waals surface area (Å²) in [5.74, 6) is -22.9. The lowest BCUT2D eigenvalue weighted by Gasteiger charge is -2.10. The Kier molecular flexibility index (Phi) is 5.40. The van der Waals surface area contributed by atoms with Gasteiger partial charge in [0.05, 0.1) is 10.6 Å². The van der Waals surface area contributed by atoms with Gasteiger partial charge in [0.1, 0.15) is 0 Å². The summed E-state index contributed by atoms with van der Waals surface area (Å²) in [7, 11) is -2.91. The summed E-state index contributed by atoms with van der Waals surface area (Å²) < 4.78 is 131. The second kappa shape index (κ2) is 6.84. The molecule has 0 aliphatic heterocycles. The maximum Gasteiger partial charge on any atom is 0.200 e. The minimum atomic E-state index is -2.43. The number of hydrogen-bond donors (Lipinski definition) is 0. The van der Waals surface area contributed by atoms with Gasteiger partial charge in [-0.05, 0) is 0 Å². The Labute approximate surface area is 130 Å². The molecule has 0 saturated heterocycles. The minimum Gasteiger partial charge on any atom is -0.203 e. The van der Waals surface area contributed by atoms with Crippen molar-refractivity contribution in [1.82, 2.24) is 0 Å². The quantitative estimate of drug-likeness (QED) is 0.313. The molecule has 0 spiro atoms. The zero-order valence-corrected chi connectivity index (χ0v) is 12.8. The van der Waals surface area contributed by atoms with Gasteiger partial charge in [-0.1, -0.05) is 16.5 Å². The van der Waals surface area contributed by atoms with E-state index in [-0.39, 0.29) is 0 Å². The van der Waals surface area contributed by atoms with Crippen LogP contribution in [0.2, 0.25) is 0 Å². The molecule has 24 heavy (non-hydrogen) atoms. The third-order valence-electron chi connectivity index (χ3n) is 2.73. The van der Waals surface area contributed by atoms with E-state index in [2.05, 4.69) is 0 Å². The molecule has 0 nitrogen and oxygen atoms in total. The van der Waals surface area contributed by atoms with E-state index in [0.717, 1.165) is 0 Å². The van der Waals surface area contributed by atoms with Gasteiger partial charge in [-0.25, -0.2) is 43.9 Å². The Morgan fingerprint density at radius 2 is 0.458 bits per heavy atom. The topological polar surface area (TPSA) is 0 Å². The molecular weight excluding hydrogens is 396 g/mol. The first-order valence-corrected chi connectivity index (χ1v) is 8.64. The average molecular weight is 398 g/mol. The molecule has 0 aromatic heterocycles. The largest absolute Gasteiger partial charge is 0.203 e. The van der Waals surface area contributed by atoms with Crippen LogP contribution in [-0.2, 0) is 0 Å². The Hall–Kier alpha value is -1.40. The Morgan fingerprint density at radius 1 is 0.292 bits per heavy atom. The van der Waals surface area contributed by atoms with E-state index < -0.39 is 85.3 Å². The van der Waals surface area contributed by atoms with Crippen molar-refractivity contribution in [3.05, 3.63) is 58.2 Å². The zero-order valence-electron chi connectivity index (χ0n) is 10.8. The first kappa shape index (κ1) is 18.9. The minimum absolute atomic E-state index is 1.39. The van der Waals surface area contributed by atoms with Gasteiger partial charge in [0.25, 0.3) is 0 Å². The van der Waals surface area contributed by atoms with E-state index in [1.54, 1.807) is 0 Å². The Balaban J connectivity index is 2.48. The van der Waals surface area contributed by atoms with Gasteiger partial charge in [-0.15, -0.1) is 0 Å². The van der Waals surface area contributed by atoms with E-state index in [1.165, 1.54) is 0 Å². The van der Waals surface area contributed by atoms with Gasteiger partial charge in [0.2, 0.25) is 11.6 Å². The fourth-order valence-electron chi connectivity index (χ4n) is 1.55. The number of hydrogen-bond acceptors (Lipinski definition) is 0. The zero-order chi connectivity index (χ0) is 18.3. The van der Waals surface area contributed by atoms with Gasteiger partial charge >= 0.3 is 0 Å². The first-order valence-electron chi connectivity index (χ1n) is 5.64. The summed E-state index contributed by atoms with van der Waals surface area (Å²) in [6.45, 7) is 0. The lowest BCUT2D eigenvalue weighted by molar-refractivity contribution is 0.384. The van der Waals surface area contributed by atoms with Crippen molar-refractivity contribution in [2.24, 2.45) is 0 Å². The highest BCUT2D eigenvalue weighted by Gasteiger charge is 2.28. The standard InChI is InChI=1S/C12H2F10P2/c13-1-3(15)7(19)11(8(20)4(1)16)23-24-12-9(21)5(17)2(14)6(18)10(12)22/h23-24H. The van der Waals surface area contributed by atoms with Crippen LogP contribution < -0.4 is 10.6 Å². The Bertz CT molecular complexity index is 708. The Morgan fingerprint density at radius 3 is 0.667 bits per heavy atom. The van der Waals surface area contributed by atoms with Crippen molar-refractivity contribution in [1.29, 1.82) is 0 Å². The summed E-state index contributed by atoms with van der Waals surface area (Å²) in [4.78, 5) is 0. The highest BCUT2D eigenvalue weighted by Crippen LogP contribution is 2.40. The average Bonchev–Trinajstić information content (AvgIpc) is 2.57. The molecule has 12 heteroatoms. The van der Waals surface area contributed by atoms with Crippen LogP contribution in [0.3, 0.4) is 0 Å². The van der Waals surface area contributed by atoms with Crippen LogP contribution in [0.5, 0.6) is 0 Å². The molecule has 2 aromatic rings. The van der Waals surface area contributed by atoms with Crippen molar-refractivity contribution in [2.45, 2.75) is 0 Å². The normalized spacial score (nSPS) is 12.2. The van der Waals surface area contributed by atoms with E-state index in [0.29, 0.717) is 0 Å². The van der Waals surface area contributed by atoms with Crippen LogP contribution in [0.25, 0.3) is 0 Å². The highest BCUT2D eigenvalue weighted by atomic mass is 32.0. The predicted octanol–water partition coefficient (Wildman–Crippen LogP) is 4.30. The summed E-state index contributed by atoms with van der Waals surface area (Å²) in [5, 5.41) is -2.79. The van der Waals surface area contributed by atoms with E-state index in [9.17, 15) is 43.9 Å². The first-order chi connectivity index (χ1) is 11.1. The fraction of sp³-hybridized carbons (Fsp3) is 0. The summed E-state index contributed by atoms with van der Waals surface area (Å²) in [5.41, 5.74) is 0. The maximum atomic E-state index is 13.4. The van der Waals surface area contributed by atoms with Gasteiger partial charge < -0.3 is 0 Å². The second-order valence-corrected chi connectivity index (χ2v) is 7.14. The molecule has 2 atom stereocenters. The molecule has 0 aliphatic rings. The summed E-state index contributed by atoms with van der Waals surface area (Å²) >= 11 is 0. The number of halogens is 10. The summed E-state index contributed by atoms with van der Waals surface area (Å²) in [6.07, 6.45) is 0. The molecule has 0 aliphatic carbocycles. The lowest BCUT2D eigenvalue weighted by atomic mass is 10.3. The van der Waals surface area contributed by atoms with Gasteiger partial charge in [0, 0.05) is 0 Å². The SMILES string of the molecule is Fc1c(F)c(F)c(PPc2c(F)c(F)c(F)c(F)c2F)c(F)c1F. The molecule has 0 saturated carbocycles. The van der Waals surface area contributed by atoms with Crippen LogP contribution in [0.4, 0.5) is 43.9 Å². The second-order valence-electron chi connectivity index (χ2n) is 4.14. The van der Waals surface area contributed by atoms with Crippen molar-refractivity contribution >= 4 is 27.1 Å². The molecule has 0 fully saturated rings. The van der Waals surface area contributed by atoms with E-state index in [4.69, 9.17) is 0 Å². The smallest absolute Gasteiger partial charge is 0.200 e. The van der Waals surface area contributed by atoms with Crippen LogP contribution >= 0.6 is 16.5 Å². The number of benzene rings is 2. The summed E-state index contributed by atoms with van der Waals surface area (Å²) in [6, 6.07) is 0. The highest BCUT2D eigenvalue weighted by molar-refractivity contribution is 8.18. The fourth-order valence-corrected chi connectivity index (χ4v) is 4.75. The van der Waals surface area contributed by atoms with Crippen LogP contribution in [0.15, 0.2) is 0 Å². The van der Waals surface area contributed by atoms with Crippen molar-refractivity contribution in [2.75, 3.05) is 0 Å². The predicted molar refractivity (Wildman–Crippen MR) is 68.4 cm³/mol. The van der Waals surface area contributed by atoms with Crippen molar-refractivity contribution in [3.8, 4) is 0 Å². The lowest BCUT2D eigenvalue weighted by Crippen LogP contribution is -2.18. The molecule has 2 unspecified atom stereocenters. The molecule has 0 N–H and O–H groups in total. The monoisotopic (exact) mass is 398 g/mol. The van der Waals surface area contributed by atoms with Gasteiger partial charge in [-0.3, -0.25) is 0 Å². The van der Waals surface area contributed by atoms with Crippen molar-refractivity contribution in [3.63, 3.8) is 0 Å². The maximum absolute atomic E-state index is 13.4. The molecule has 2 rings (SSSR count). The molecule has 2 aromatic carbocycles. The van der Waals surface area contributed by atoms with E-state index in [1.807, 2.05) is 0 Å². The third kappa shape index (κ3) is 2.97. The van der Waals surface area contributed by atoms with Gasteiger partial charge in [-0.2, -0.15) is 0 Å². The van der Waals surface area contributed by atoms with Crippen LogP contribution in [-0.4, -0.2) is 0 Å². The molecule has 0 radical (unpaired) electrons. The van der Waals surface area contributed by atoms with Crippen LogP contribution in [0.1, 0.15) is 0 Å². The third-order valence-corrected chi connectivity index (χ3v) is 6.11. The molecule has 0 bridgehead atoms. The van der Waals surface area contributed by atoms with Gasteiger partial charge in [0.15, 0.2) is 46.5 Å². The molecule has 0 heterocycles. The molecule has 130 valence electrons. The van der Waals surface area contributed by atoms with E-state index >= 15 is 0 Å². The number of rotatable bonds is 3. The molecular formula is C12H2F10P2. The molecule has 0 amide bonds.